The maximum Gasteiger partial charge on any atom is 0.325 e. The van der Waals surface area contributed by atoms with Gasteiger partial charge in [-0.25, -0.2) is 0 Å². The van der Waals surface area contributed by atoms with Crippen LogP contribution in [0.15, 0.2) is 60.8 Å². The van der Waals surface area contributed by atoms with E-state index >= 15 is 0 Å². The number of rotatable bonds is 46. The summed E-state index contributed by atoms with van der Waals surface area (Å²) in [5.74, 6) is -18.5. The number of benzene rings is 2. The minimum atomic E-state index is -1.96. The number of aliphatic hydroxyl groups is 2. The molecule has 1 heterocycles. The first-order valence-corrected chi connectivity index (χ1v) is 33.6. The number of hydrogen-bond donors (Lipinski definition) is 22. The molecule has 3 aromatic rings. The highest BCUT2D eigenvalue weighted by Crippen LogP contribution is 2.20. The van der Waals surface area contributed by atoms with Crippen LogP contribution in [-0.2, 0) is 84.8 Å². The molecule has 0 saturated carbocycles. The number of hydrogen-bond acceptors (Lipinski definition) is 21. The molecular weight excluding hydrogens is 1350 g/mol. The Balaban J connectivity index is 1.92. The highest BCUT2D eigenvalue weighted by molar-refractivity contribution is 6.01. The highest BCUT2D eigenvalue weighted by atomic mass is 16.4. The van der Waals surface area contributed by atoms with Crippen molar-refractivity contribution in [2.24, 2.45) is 40.7 Å². The molecule has 3 rings (SSSR count). The van der Waals surface area contributed by atoms with E-state index in [-0.39, 0.29) is 57.7 Å². The highest BCUT2D eigenvalue weighted by Gasteiger charge is 2.39. The van der Waals surface area contributed by atoms with Gasteiger partial charge < -0.3 is 117 Å². The van der Waals surface area contributed by atoms with Crippen LogP contribution in [0.1, 0.15) is 105 Å². The number of carbonyl (C=O) groups excluding carboxylic acids is 12. The number of H-pyrrole nitrogens is 1. The van der Waals surface area contributed by atoms with Crippen LogP contribution < -0.4 is 86.7 Å². The number of aliphatic carboxylic acids is 3. The van der Waals surface area contributed by atoms with Crippen LogP contribution in [0.25, 0.3) is 10.9 Å². The lowest BCUT2D eigenvalue weighted by atomic mass is 9.96. The Hall–Kier alpha value is -10.2. The number of carbonyl (C=O) groups is 15. The van der Waals surface area contributed by atoms with E-state index in [1.165, 1.54) is 13.1 Å². The first kappa shape index (κ1) is 87.0. The molecule has 26 N–H and O–H groups in total. The van der Waals surface area contributed by atoms with Crippen molar-refractivity contribution in [1.29, 1.82) is 0 Å². The molecular formula is C66H101N17O20. The topological polar surface area (TPSA) is 621 Å². The van der Waals surface area contributed by atoms with Crippen molar-refractivity contribution < 1.29 is 97.5 Å². The van der Waals surface area contributed by atoms with E-state index in [4.69, 9.17) is 22.9 Å². The Bertz CT molecular complexity index is 3410. The standard InChI is InChI=1S/C66H101N17O20/c1-8-34(6)53(65(101)72-35(7)66(102)103)83-64(100)52(33(4)5)82-57(93)40(18-19-49(86)87)73-58(94)44(26-36-14-10-9-11-15-36)77-55(91)42(21-24-68)74-54(90)41(20-23-67)75-61(97)47(30-84)80-59(95)45(27-37-29-71-39-17-13-12-16-38(37)39)78-62(98)48(31-85)81-60(96)46(28-50(88)89)79-56(92)43(22-25-69)76-63(99)51(70)32(2)3/h9-17,29,32-35,40-48,51-53,71,84-85H,8,18-28,30-31,67-70H2,1-7H3,(H,72,101)(H,73,94)(H,74,90)(H,75,97)(H,76,99)(H,77,91)(H,78,98)(H,79,92)(H,80,95)(H,81,96)(H,82,93)(H,83,100)(H,86,87)(H,88,89)(H,102,103)/t34-,35-,40-,41-,42+,43+,44-,45+,46-,47-,48+,51+,52-,53+/m0/s1. The fourth-order valence-corrected chi connectivity index (χ4v) is 10.3. The summed E-state index contributed by atoms with van der Waals surface area (Å²) in [6.07, 6.45) is -1.94. The van der Waals surface area contributed by atoms with Gasteiger partial charge in [-0.05, 0) is 87.2 Å². The van der Waals surface area contributed by atoms with Crippen LogP contribution in [0.2, 0.25) is 0 Å². The number of nitrogens with two attached hydrogens (primary N) is 4. The van der Waals surface area contributed by atoms with Gasteiger partial charge in [-0.1, -0.05) is 96.5 Å². The first-order valence-electron chi connectivity index (χ1n) is 33.6. The maximum absolute atomic E-state index is 14.5. The average molecular weight is 1450 g/mol. The van der Waals surface area contributed by atoms with Gasteiger partial charge in [0.05, 0.1) is 25.7 Å². The van der Waals surface area contributed by atoms with Crippen molar-refractivity contribution in [3.63, 3.8) is 0 Å². The van der Waals surface area contributed by atoms with Gasteiger partial charge in [0.25, 0.3) is 0 Å². The molecule has 12 amide bonds. The lowest BCUT2D eigenvalue weighted by Crippen LogP contribution is -2.62. The molecule has 0 unspecified atom stereocenters. The number of aromatic nitrogens is 1. The quantitative estimate of drug-likeness (QED) is 0.0250. The molecule has 2 aromatic carbocycles. The summed E-state index contributed by atoms with van der Waals surface area (Å²) in [7, 11) is 0. The molecule has 0 fully saturated rings. The fourth-order valence-electron chi connectivity index (χ4n) is 10.3. The zero-order chi connectivity index (χ0) is 77.4. The van der Waals surface area contributed by atoms with Crippen LogP contribution in [0.4, 0.5) is 0 Å². The van der Waals surface area contributed by atoms with Crippen molar-refractivity contribution in [2.75, 3.05) is 32.8 Å². The molecule has 0 radical (unpaired) electrons. The molecule has 37 heteroatoms. The van der Waals surface area contributed by atoms with Crippen LogP contribution >= 0.6 is 0 Å². The van der Waals surface area contributed by atoms with Crippen molar-refractivity contribution in [1.82, 2.24) is 68.8 Å². The molecule has 570 valence electrons. The van der Waals surface area contributed by atoms with Gasteiger partial charge in [0.1, 0.15) is 72.5 Å². The number of carboxylic acids is 3. The molecule has 14 atom stereocenters. The molecule has 0 aliphatic heterocycles. The van der Waals surface area contributed by atoms with Crippen molar-refractivity contribution in [3.05, 3.63) is 71.9 Å². The lowest BCUT2D eigenvalue weighted by molar-refractivity contribution is -0.142. The largest absolute Gasteiger partial charge is 0.481 e. The third kappa shape index (κ3) is 28.3. The smallest absolute Gasteiger partial charge is 0.325 e. The van der Waals surface area contributed by atoms with Gasteiger partial charge >= 0.3 is 17.9 Å². The predicted molar refractivity (Wildman–Crippen MR) is 370 cm³/mol. The third-order valence-corrected chi connectivity index (χ3v) is 16.6. The van der Waals surface area contributed by atoms with Crippen molar-refractivity contribution in [2.45, 2.75) is 185 Å². The Labute approximate surface area is 594 Å². The van der Waals surface area contributed by atoms with Crippen LogP contribution in [0.5, 0.6) is 0 Å². The molecule has 0 aliphatic rings. The number of fused-ring (bicyclic) bond motifs is 1. The van der Waals surface area contributed by atoms with Crippen LogP contribution in [0, 0.1) is 17.8 Å². The van der Waals surface area contributed by atoms with E-state index in [0.717, 1.165) is 0 Å². The van der Waals surface area contributed by atoms with Crippen LogP contribution in [0.3, 0.4) is 0 Å². The molecule has 103 heavy (non-hydrogen) atoms. The summed E-state index contributed by atoms with van der Waals surface area (Å²) in [5.41, 5.74) is 24.9. The Morgan fingerprint density at radius 1 is 0.417 bits per heavy atom. The Morgan fingerprint density at radius 3 is 1.25 bits per heavy atom. The van der Waals surface area contributed by atoms with E-state index in [2.05, 4.69) is 68.8 Å². The maximum atomic E-state index is 14.5. The van der Waals surface area contributed by atoms with E-state index in [0.29, 0.717) is 28.5 Å². The summed E-state index contributed by atoms with van der Waals surface area (Å²) in [4.78, 5) is 206. The normalized spacial score (nSPS) is 15.3. The zero-order valence-electron chi connectivity index (χ0n) is 58.6. The summed E-state index contributed by atoms with van der Waals surface area (Å²) in [6.45, 7) is 7.94. The van der Waals surface area contributed by atoms with E-state index < -0.39 is 212 Å². The summed E-state index contributed by atoms with van der Waals surface area (Å²) in [6, 6.07) is -5.65. The minimum Gasteiger partial charge on any atom is -0.481 e. The van der Waals surface area contributed by atoms with Gasteiger partial charge in [-0.15, -0.1) is 0 Å². The summed E-state index contributed by atoms with van der Waals surface area (Å²) in [5, 5.41) is 79.3. The molecule has 1 aromatic heterocycles. The molecule has 0 bridgehead atoms. The lowest BCUT2D eigenvalue weighted by Gasteiger charge is -2.30. The van der Waals surface area contributed by atoms with Crippen LogP contribution in [-0.4, -0.2) is 231 Å². The van der Waals surface area contributed by atoms with Gasteiger partial charge in [-0.3, -0.25) is 71.9 Å². The van der Waals surface area contributed by atoms with Gasteiger partial charge in [0.15, 0.2) is 0 Å². The number of amides is 12. The van der Waals surface area contributed by atoms with Gasteiger partial charge in [-0.2, -0.15) is 0 Å². The Morgan fingerprint density at radius 2 is 0.806 bits per heavy atom. The summed E-state index contributed by atoms with van der Waals surface area (Å²) < 4.78 is 0. The number of nitrogens with one attached hydrogen (secondary N) is 13. The minimum absolute atomic E-state index is 0.151. The number of carboxylic acid groups (broad SMARTS) is 3. The van der Waals surface area contributed by atoms with E-state index in [9.17, 15) is 97.5 Å². The SMILES string of the molecule is CC[C@H](C)[C@@H](NC(=O)[C@@H](NC(=O)[C@H](CCC(=O)O)NC(=O)[C@H](Cc1ccccc1)NC(=O)[C@@H](CCN)NC(=O)[C@H](CCN)NC(=O)[C@H](CO)NC(=O)[C@@H](Cc1c[nH]c2ccccc12)NC(=O)[C@@H](CO)NC(=O)[C@H](CC(=O)O)NC(=O)[C@@H](CCN)NC(=O)[C@H](N)C(C)C)C(C)C)C(=O)N[C@@H](C)C(=O)O. The molecule has 0 saturated heterocycles. The van der Waals surface area contributed by atoms with Crippen molar-refractivity contribution in [3.8, 4) is 0 Å². The molecule has 37 nitrogen and oxygen atoms in total. The van der Waals surface area contributed by atoms with Gasteiger partial charge in [0, 0.05) is 36.4 Å². The van der Waals surface area contributed by atoms with E-state index in [1.54, 1.807) is 96.1 Å². The first-order chi connectivity index (χ1) is 48.6. The second kappa shape index (κ2) is 43.6. The molecule has 0 spiro atoms. The second-order valence-electron chi connectivity index (χ2n) is 25.4. The van der Waals surface area contributed by atoms with E-state index in [1.807, 2.05) is 0 Å². The average Bonchev–Trinajstić information content (AvgIpc) is 1.73. The third-order valence-electron chi connectivity index (χ3n) is 16.6. The summed E-state index contributed by atoms with van der Waals surface area (Å²) >= 11 is 0. The Kier molecular flexibility index (Phi) is 36.8. The monoisotopic (exact) mass is 1450 g/mol. The second-order valence-corrected chi connectivity index (χ2v) is 25.4. The zero-order valence-corrected chi connectivity index (χ0v) is 58.6. The number of aliphatic hydroxyl groups excluding tert-OH is 2. The fraction of sp³-hybridized carbons (Fsp3) is 0.561. The number of para-hydroxylation sites is 1. The molecule has 0 aliphatic carbocycles. The predicted octanol–water partition coefficient (Wildman–Crippen LogP) is -6.07. The van der Waals surface area contributed by atoms with Crippen molar-refractivity contribution >= 4 is 99.7 Å². The number of aromatic amines is 1. The van der Waals surface area contributed by atoms with Gasteiger partial charge in [0.2, 0.25) is 70.9 Å².